The maximum Gasteiger partial charge on any atom is 0.227 e. The van der Waals surface area contributed by atoms with Crippen molar-refractivity contribution < 1.29 is 4.79 Å². The highest BCUT2D eigenvalue weighted by atomic mass is 16.2. The molecule has 0 radical (unpaired) electrons. The summed E-state index contributed by atoms with van der Waals surface area (Å²) in [6.45, 7) is 8.92. The summed E-state index contributed by atoms with van der Waals surface area (Å²) in [5.74, 6) is 0.230. The molecule has 1 aliphatic rings. The summed E-state index contributed by atoms with van der Waals surface area (Å²) in [6, 6.07) is 8.24. The number of carbonyl (C=O) groups is 1. The van der Waals surface area contributed by atoms with Gasteiger partial charge in [0.15, 0.2) is 0 Å². The maximum atomic E-state index is 11.9. The molecule has 1 saturated heterocycles. The third-order valence-corrected chi connectivity index (χ3v) is 4.41. The lowest BCUT2D eigenvalue weighted by atomic mass is 9.89. The minimum Gasteiger partial charge on any atom is -0.312 e. The van der Waals surface area contributed by atoms with Crippen LogP contribution in [-0.4, -0.2) is 22.6 Å². The Balaban J connectivity index is 1.62. The van der Waals surface area contributed by atoms with Crippen molar-refractivity contribution in [3.05, 3.63) is 47.3 Å². The monoisotopic (exact) mass is 326 g/mol. The van der Waals surface area contributed by atoms with Crippen molar-refractivity contribution >= 4 is 11.6 Å². The average molecular weight is 326 g/mol. The molecule has 0 atom stereocenters. The number of aromatic amines is 1. The van der Waals surface area contributed by atoms with E-state index in [0.717, 1.165) is 31.7 Å². The van der Waals surface area contributed by atoms with Crippen LogP contribution in [0.5, 0.6) is 0 Å². The van der Waals surface area contributed by atoms with Crippen LogP contribution >= 0.6 is 0 Å². The second-order valence-corrected chi connectivity index (χ2v) is 7.44. The Morgan fingerprint density at radius 2 is 2.12 bits per heavy atom. The number of carbonyl (C=O) groups excluding carboxylic acids is 1. The molecule has 5 nitrogen and oxygen atoms in total. The molecule has 1 aromatic heterocycles. The predicted octanol–water partition coefficient (Wildman–Crippen LogP) is 3.12. The molecule has 2 aromatic rings. The fourth-order valence-electron chi connectivity index (χ4n) is 3.19. The lowest BCUT2D eigenvalue weighted by Crippen LogP contribution is -2.24. The van der Waals surface area contributed by atoms with Crippen molar-refractivity contribution in [2.45, 2.75) is 52.1 Å². The number of anilines is 1. The quantitative estimate of drug-likeness (QED) is 0.887. The lowest BCUT2D eigenvalue weighted by molar-refractivity contribution is -0.117. The van der Waals surface area contributed by atoms with E-state index >= 15 is 0 Å². The highest BCUT2D eigenvalue weighted by molar-refractivity contribution is 5.95. The van der Waals surface area contributed by atoms with Gasteiger partial charge >= 0.3 is 0 Å². The summed E-state index contributed by atoms with van der Waals surface area (Å²) < 4.78 is 0. The van der Waals surface area contributed by atoms with Crippen LogP contribution in [0.4, 0.5) is 5.69 Å². The zero-order valence-electron chi connectivity index (χ0n) is 14.7. The number of amides is 1. The molecule has 1 fully saturated rings. The summed E-state index contributed by atoms with van der Waals surface area (Å²) >= 11 is 0. The first-order valence-corrected chi connectivity index (χ1v) is 8.58. The van der Waals surface area contributed by atoms with E-state index in [9.17, 15) is 4.79 Å². The van der Waals surface area contributed by atoms with Gasteiger partial charge in [0.2, 0.25) is 5.91 Å². The normalized spacial score (nSPS) is 15.3. The highest BCUT2D eigenvalue weighted by Gasteiger charge is 2.22. The topological polar surface area (TPSA) is 61.0 Å². The summed E-state index contributed by atoms with van der Waals surface area (Å²) in [6.07, 6.45) is 3.52. The number of rotatable bonds is 5. The Morgan fingerprint density at radius 3 is 2.83 bits per heavy atom. The largest absolute Gasteiger partial charge is 0.312 e. The first-order valence-electron chi connectivity index (χ1n) is 8.58. The molecular weight excluding hydrogens is 300 g/mol. The number of hydrogen-bond acceptors (Lipinski definition) is 3. The van der Waals surface area contributed by atoms with Gasteiger partial charge in [-0.15, -0.1) is 0 Å². The van der Waals surface area contributed by atoms with Crippen LogP contribution < -0.4 is 10.2 Å². The van der Waals surface area contributed by atoms with Gasteiger partial charge in [-0.3, -0.25) is 9.89 Å². The van der Waals surface area contributed by atoms with E-state index in [4.69, 9.17) is 0 Å². The van der Waals surface area contributed by atoms with Crippen LogP contribution in [0.25, 0.3) is 0 Å². The fourth-order valence-corrected chi connectivity index (χ4v) is 3.19. The maximum absolute atomic E-state index is 11.9. The standard InChI is InChI=1S/C19H26N4O/c1-19(2,3)18-15(13-21-22-18)12-20-11-14-6-4-7-16(10-14)23-9-5-8-17(23)24/h4,6-7,10,13,20H,5,8-9,11-12H2,1-3H3,(H,21,22). The Labute approximate surface area is 143 Å². The zero-order chi connectivity index (χ0) is 17.2. The lowest BCUT2D eigenvalue weighted by Gasteiger charge is -2.19. The minimum absolute atomic E-state index is 0.0591. The van der Waals surface area contributed by atoms with Gasteiger partial charge in [-0.25, -0.2) is 0 Å². The summed E-state index contributed by atoms with van der Waals surface area (Å²) in [5.41, 5.74) is 4.63. The van der Waals surface area contributed by atoms with Crippen LogP contribution in [0, 0.1) is 0 Å². The van der Waals surface area contributed by atoms with Gasteiger partial charge in [0.25, 0.3) is 0 Å². The molecule has 0 spiro atoms. The third-order valence-electron chi connectivity index (χ3n) is 4.41. The van der Waals surface area contributed by atoms with Crippen LogP contribution in [0.1, 0.15) is 50.4 Å². The van der Waals surface area contributed by atoms with E-state index in [1.165, 1.54) is 16.8 Å². The van der Waals surface area contributed by atoms with Crippen molar-refractivity contribution in [3.8, 4) is 0 Å². The first kappa shape index (κ1) is 16.7. The van der Waals surface area contributed by atoms with E-state index in [1.807, 2.05) is 23.2 Å². The number of H-pyrrole nitrogens is 1. The van der Waals surface area contributed by atoms with E-state index in [2.05, 4.69) is 48.4 Å². The number of hydrogen-bond donors (Lipinski definition) is 2. The van der Waals surface area contributed by atoms with Gasteiger partial charge in [-0.2, -0.15) is 5.10 Å². The molecule has 0 bridgehead atoms. The van der Waals surface area contributed by atoms with Crippen molar-refractivity contribution in [2.24, 2.45) is 0 Å². The number of nitrogens with zero attached hydrogens (tertiary/aromatic N) is 2. The van der Waals surface area contributed by atoms with E-state index in [1.54, 1.807) is 0 Å². The van der Waals surface area contributed by atoms with Gasteiger partial charge in [0, 0.05) is 48.4 Å². The molecule has 24 heavy (non-hydrogen) atoms. The second kappa shape index (κ2) is 6.77. The summed E-state index contributed by atoms with van der Waals surface area (Å²) in [5, 5.41) is 10.8. The molecule has 1 aliphatic heterocycles. The number of benzene rings is 1. The van der Waals surface area contributed by atoms with Gasteiger partial charge in [0.1, 0.15) is 0 Å². The molecule has 2 heterocycles. The van der Waals surface area contributed by atoms with Crippen molar-refractivity contribution in [1.29, 1.82) is 0 Å². The Bertz CT molecular complexity index is 714. The van der Waals surface area contributed by atoms with E-state index in [0.29, 0.717) is 6.42 Å². The molecule has 128 valence electrons. The highest BCUT2D eigenvalue weighted by Crippen LogP contribution is 2.24. The van der Waals surface area contributed by atoms with Crippen molar-refractivity contribution in [3.63, 3.8) is 0 Å². The molecule has 0 saturated carbocycles. The van der Waals surface area contributed by atoms with Gasteiger partial charge in [0.05, 0.1) is 6.20 Å². The van der Waals surface area contributed by atoms with Crippen LogP contribution in [0.15, 0.2) is 30.5 Å². The van der Waals surface area contributed by atoms with Gasteiger partial charge in [-0.1, -0.05) is 32.9 Å². The molecule has 5 heteroatoms. The SMILES string of the molecule is CC(C)(C)c1[nH]ncc1CNCc1cccc(N2CCCC2=O)c1. The molecule has 0 aliphatic carbocycles. The average Bonchev–Trinajstić information content (AvgIpc) is 3.16. The molecule has 0 unspecified atom stereocenters. The number of nitrogens with one attached hydrogen (secondary N) is 2. The number of aromatic nitrogens is 2. The summed E-state index contributed by atoms with van der Waals surface area (Å²) in [7, 11) is 0. The van der Waals surface area contributed by atoms with E-state index in [-0.39, 0.29) is 11.3 Å². The third kappa shape index (κ3) is 3.67. The predicted molar refractivity (Wildman–Crippen MR) is 95.9 cm³/mol. The Kier molecular flexibility index (Phi) is 4.71. The smallest absolute Gasteiger partial charge is 0.227 e. The minimum atomic E-state index is 0.0591. The van der Waals surface area contributed by atoms with Gasteiger partial charge in [-0.05, 0) is 24.1 Å². The Hall–Kier alpha value is -2.14. The van der Waals surface area contributed by atoms with E-state index < -0.39 is 0 Å². The van der Waals surface area contributed by atoms with Crippen LogP contribution in [0.3, 0.4) is 0 Å². The first-order chi connectivity index (χ1) is 11.4. The molecule has 1 aromatic carbocycles. The molecule has 2 N–H and O–H groups in total. The second-order valence-electron chi connectivity index (χ2n) is 7.44. The molecule has 3 rings (SSSR count). The van der Waals surface area contributed by atoms with Crippen LogP contribution in [-0.2, 0) is 23.3 Å². The Morgan fingerprint density at radius 1 is 1.29 bits per heavy atom. The molecular formula is C19H26N4O. The zero-order valence-corrected chi connectivity index (χ0v) is 14.7. The molecule has 1 amide bonds. The van der Waals surface area contributed by atoms with Crippen molar-refractivity contribution in [1.82, 2.24) is 15.5 Å². The summed E-state index contributed by atoms with van der Waals surface area (Å²) in [4.78, 5) is 13.8. The van der Waals surface area contributed by atoms with Crippen molar-refractivity contribution in [2.75, 3.05) is 11.4 Å². The van der Waals surface area contributed by atoms with Gasteiger partial charge < -0.3 is 10.2 Å². The van der Waals surface area contributed by atoms with Crippen LogP contribution in [0.2, 0.25) is 0 Å². The fraction of sp³-hybridized carbons (Fsp3) is 0.474.